The van der Waals surface area contributed by atoms with E-state index in [0.29, 0.717) is 11.1 Å². The molecular formula is C23H24N3P. The van der Waals surface area contributed by atoms with E-state index in [1.165, 1.54) is 0 Å². The van der Waals surface area contributed by atoms with Gasteiger partial charge in [-0.15, -0.1) is 0 Å². The number of allylic oxidation sites excluding steroid dienone is 1. The van der Waals surface area contributed by atoms with E-state index in [2.05, 4.69) is 46.3 Å². The van der Waals surface area contributed by atoms with Gasteiger partial charge < -0.3 is 0 Å². The molecule has 1 atom stereocenters. The van der Waals surface area contributed by atoms with E-state index in [1.807, 2.05) is 31.2 Å². The van der Waals surface area contributed by atoms with Gasteiger partial charge in [-0.25, -0.2) is 0 Å². The van der Waals surface area contributed by atoms with Crippen molar-refractivity contribution in [1.29, 1.82) is 10.5 Å². The van der Waals surface area contributed by atoms with Gasteiger partial charge >= 0.3 is 0 Å². The highest BCUT2D eigenvalue weighted by molar-refractivity contribution is 7.42. The molecule has 27 heavy (non-hydrogen) atoms. The molecule has 0 saturated carbocycles. The van der Waals surface area contributed by atoms with Crippen LogP contribution in [0.4, 0.5) is 0 Å². The predicted molar refractivity (Wildman–Crippen MR) is 117 cm³/mol. The van der Waals surface area contributed by atoms with Gasteiger partial charge in [-0.2, -0.15) is 10.5 Å². The smallest absolute Gasteiger partial charge is 0.0992 e. The SMILES string of the molecule is CCCCN=C(P)/C(C)=C/c1cc(C#N)cc(-c2ccc(C#N)cc2)c1C. The van der Waals surface area contributed by atoms with E-state index in [0.717, 1.165) is 52.7 Å². The summed E-state index contributed by atoms with van der Waals surface area (Å²) in [6.07, 6.45) is 4.29. The molecule has 0 amide bonds. The van der Waals surface area contributed by atoms with E-state index in [-0.39, 0.29) is 0 Å². The second-order valence-electron chi connectivity index (χ2n) is 6.49. The normalized spacial score (nSPS) is 11.8. The molecule has 2 aromatic rings. The van der Waals surface area contributed by atoms with Crippen molar-refractivity contribution in [2.24, 2.45) is 4.99 Å². The monoisotopic (exact) mass is 373 g/mol. The average Bonchev–Trinajstić information content (AvgIpc) is 2.69. The van der Waals surface area contributed by atoms with Crippen LogP contribution in [0, 0.1) is 29.6 Å². The Morgan fingerprint density at radius 2 is 1.78 bits per heavy atom. The van der Waals surface area contributed by atoms with Crippen LogP contribution in [0.2, 0.25) is 0 Å². The summed E-state index contributed by atoms with van der Waals surface area (Å²) in [7, 11) is 2.71. The minimum Gasteiger partial charge on any atom is -0.285 e. The van der Waals surface area contributed by atoms with Gasteiger partial charge in [0, 0.05) is 6.54 Å². The fraction of sp³-hybridized carbons (Fsp3) is 0.261. The van der Waals surface area contributed by atoms with Crippen LogP contribution in [0.15, 0.2) is 47.0 Å². The van der Waals surface area contributed by atoms with Crippen LogP contribution in [0.3, 0.4) is 0 Å². The lowest BCUT2D eigenvalue weighted by molar-refractivity contribution is 0.809. The van der Waals surface area contributed by atoms with Gasteiger partial charge in [0.05, 0.1) is 28.7 Å². The maximum Gasteiger partial charge on any atom is 0.0992 e. The molecule has 3 nitrogen and oxygen atoms in total. The lowest BCUT2D eigenvalue weighted by Crippen LogP contribution is -1.95. The molecule has 2 rings (SSSR count). The topological polar surface area (TPSA) is 59.9 Å². The maximum atomic E-state index is 9.45. The molecule has 0 aliphatic carbocycles. The molecule has 0 saturated heterocycles. The summed E-state index contributed by atoms with van der Waals surface area (Å²) in [4.78, 5) is 4.60. The standard InChI is InChI=1S/C23H24N3P/c1-4-5-10-26-23(27)16(2)11-21-12-19(15-25)13-22(17(21)3)20-8-6-18(14-24)7-9-20/h6-9,11-13H,4-5,10,27H2,1-3H3/b16-11+,26-23?. The minimum atomic E-state index is 0.618. The highest BCUT2D eigenvalue weighted by Gasteiger charge is 2.09. The van der Waals surface area contributed by atoms with E-state index in [9.17, 15) is 5.26 Å². The number of rotatable bonds is 6. The molecule has 0 aliphatic heterocycles. The van der Waals surface area contributed by atoms with Crippen molar-refractivity contribution in [3.05, 3.63) is 64.2 Å². The number of nitriles is 2. The highest BCUT2D eigenvalue weighted by Crippen LogP contribution is 2.29. The van der Waals surface area contributed by atoms with Gasteiger partial charge in [0.2, 0.25) is 0 Å². The summed E-state index contributed by atoms with van der Waals surface area (Å²) in [6, 6.07) is 15.7. The number of aliphatic imine (C=N–C) groups is 1. The highest BCUT2D eigenvalue weighted by atomic mass is 31.0. The van der Waals surface area contributed by atoms with Crippen molar-refractivity contribution in [3.63, 3.8) is 0 Å². The van der Waals surface area contributed by atoms with E-state index >= 15 is 0 Å². The summed E-state index contributed by atoms with van der Waals surface area (Å²) < 4.78 is 0. The van der Waals surface area contributed by atoms with Gasteiger partial charge in [0.1, 0.15) is 0 Å². The Bertz CT molecular complexity index is 955. The second-order valence-corrected chi connectivity index (χ2v) is 7.03. The quantitative estimate of drug-likeness (QED) is 0.360. The zero-order valence-electron chi connectivity index (χ0n) is 16.1. The molecule has 0 spiro atoms. The van der Waals surface area contributed by atoms with Crippen LogP contribution in [0.25, 0.3) is 17.2 Å². The maximum absolute atomic E-state index is 9.45. The molecule has 1 unspecified atom stereocenters. The Morgan fingerprint density at radius 3 is 2.37 bits per heavy atom. The van der Waals surface area contributed by atoms with Crippen molar-refractivity contribution in [1.82, 2.24) is 0 Å². The molecular weight excluding hydrogens is 349 g/mol. The first kappa shape index (κ1) is 20.6. The fourth-order valence-electron chi connectivity index (χ4n) is 2.76. The Labute approximate surface area is 164 Å². The Morgan fingerprint density at radius 1 is 1.11 bits per heavy atom. The van der Waals surface area contributed by atoms with Crippen LogP contribution in [0.5, 0.6) is 0 Å². The summed E-state index contributed by atoms with van der Waals surface area (Å²) in [5, 5.41) is 18.4. The largest absolute Gasteiger partial charge is 0.285 e. The van der Waals surface area contributed by atoms with Crippen molar-refractivity contribution < 1.29 is 0 Å². The molecule has 136 valence electrons. The van der Waals surface area contributed by atoms with Crippen LogP contribution in [-0.4, -0.2) is 12.0 Å². The molecule has 0 N–H and O–H groups in total. The van der Waals surface area contributed by atoms with Gasteiger partial charge in [0.15, 0.2) is 0 Å². The van der Waals surface area contributed by atoms with Crippen LogP contribution >= 0.6 is 9.24 Å². The molecule has 0 radical (unpaired) electrons. The Kier molecular flexibility index (Phi) is 7.48. The molecule has 0 fully saturated rings. The number of hydrogen-bond donors (Lipinski definition) is 0. The molecule has 0 heterocycles. The first-order chi connectivity index (χ1) is 13.0. The zero-order chi connectivity index (χ0) is 19.8. The molecule has 0 aromatic heterocycles. The van der Waals surface area contributed by atoms with Crippen molar-refractivity contribution in [3.8, 4) is 23.3 Å². The van der Waals surface area contributed by atoms with Gasteiger partial charge in [-0.05, 0) is 78.4 Å². The third-order valence-corrected chi connectivity index (χ3v) is 5.11. The summed E-state index contributed by atoms with van der Waals surface area (Å²) in [6.45, 7) is 7.08. The Hall–Kier alpha value is -2.74. The van der Waals surface area contributed by atoms with Gasteiger partial charge in [-0.3, -0.25) is 4.99 Å². The predicted octanol–water partition coefficient (Wildman–Crippen LogP) is 5.88. The zero-order valence-corrected chi connectivity index (χ0v) is 17.2. The molecule has 0 aliphatic rings. The number of nitrogens with zero attached hydrogens (tertiary/aromatic N) is 3. The van der Waals surface area contributed by atoms with E-state index in [4.69, 9.17) is 5.26 Å². The number of benzene rings is 2. The van der Waals surface area contributed by atoms with Gasteiger partial charge in [-0.1, -0.05) is 34.7 Å². The van der Waals surface area contributed by atoms with Crippen molar-refractivity contribution >= 4 is 20.8 Å². The van der Waals surface area contributed by atoms with Gasteiger partial charge in [0.25, 0.3) is 0 Å². The number of unbranched alkanes of at least 4 members (excludes halogenated alkanes) is 1. The average molecular weight is 373 g/mol. The third kappa shape index (κ3) is 5.37. The summed E-state index contributed by atoms with van der Waals surface area (Å²) in [5.74, 6) is 0. The van der Waals surface area contributed by atoms with E-state index < -0.39 is 0 Å². The molecule has 0 bridgehead atoms. The van der Waals surface area contributed by atoms with Crippen molar-refractivity contribution in [2.45, 2.75) is 33.6 Å². The van der Waals surface area contributed by atoms with Crippen LogP contribution < -0.4 is 0 Å². The number of hydrogen-bond acceptors (Lipinski definition) is 3. The first-order valence-electron chi connectivity index (χ1n) is 9.04. The fourth-order valence-corrected chi connectivity index (χ4v) is 2.98. The summed E-state index contributed by atoms with van der Waals surface area (Å²) in [5.41, 5.74) is 7.38. The first-order valence-corrected chi connectivity index (χ1v) is 9.61. The van der Waals surface area contributed by atoms with E-state index in [1.54, 1.807) is 12.1 Å². The van der Waals surface area contributed by atoms with Crippen LogP contribution in [0.1, 0.15) is 48.9 Å². The lowest BCUT2D eigenvalue weighted by Gasteiger charge is -2.12. The minimum absolute atomic E-state index is 0.618. The second kappa shape index (κ2) is 9.82. The molecule has 2 aromatic carbocycles. The third-order valence-electron chi connectivity index (χ3n) is 4.47. The Balaban J connectivity index is 2.48. The van der Waals surface area contributed by atoms with Crippen LogP contribution in [-0.2, 0) is 0 Å². The summed E-state index contributed by atoms with van der Waals surface area (Å²) >= 11 is 0. The van der Waals surface area contributed by atoms with Crippen molar-refractivity contribution in [2.75, 3.05) is 6.54 Å². The molecule has 4 heteroatoms. The lowest BCUT2D eigenvalue weighted by atomic mass is 9.93.